The molecule has 0 unspecified atom stereocenters. The Morgan fingerprint density at radius 3 is 0.788 bits per heavy atom. The molecule has 52 heavy (non-hydrogen) atoms. The van der Waals surface area contributed by atoms with Crippen molar-refractivity contribution in [3.05, 3.63) is 101 Å². The molecule has 1 radical (unpaired) electrons. The minimum atomic E-state index is -3.96. The molecule has 0 heterocycles. The molecule has 0 saturated heterocycles. The van der Waals surface area contributed by atoms with Gasteiger partial charge in [0, 0.05) is 0 Å². The zero-order valence-electron chi connectivity index (χ0n) is 33.0. The van der Waals surface area contributed by atoms with Crippen LogP contribution < -0.4 is 0 Å². The zero-order valence-corrected chi connectivity index (χ0v) is 36.5. The second-order valence-corrected chi connectivity index (χ2v) is 19.5. The monoisotopic (exact) mass is 819 g/mol. The molecule has 0 aromatic heterocycles. The summed E-state index contributed by atoms with van der Waals surface area (Å²) in [5.41, 5.74) is 6.48. The van der Waals surface area contributed by atoms with Gasteiger partial charge in [-0.05, 0) is 115 Å². The van der Waals surface area contributed by atoms with Gasteiger partial charge in [-0.1, -0.05) is 53.1 Å². The normalized spacial score (nSPS) is 12.3. The Labute approximate surface area is 325 Å². The van der Waals surface area contributed by atoms with Gasteiger partial charge in [0.15, 0.2) is 0 Å². The number of quaternary nitrogens is 1. The molecule has 0 aliphatic rings. The van der Waals surface area contributed by atoms with Crippen molar-refractivity contribution in [1.82, 2.24) is 4.90 Å². The van der Waals surface area contributed by atoms with Crippen molar-refractivity contribution in [2.75, 3.05) is 67.5 Å². The van der Waals surface area contributed by atoms with Crippen LogP contribution in [0.1, 0.15) is 50.1 Å². The molecule has 0 spiro atoms. The first-order valence-corrected chi connectivity index (χ1v) is 21.1. The molecule has 11 nitrogen and oxygen atoms in total. The third-order valence-corrected chi connectivity index (χ3v) is 12.7. The predicted molar refractivity (Wildman–Crippen MR) is 209 cm³/mol. The zero-order chi connectivity index (χ0) is 39.1. The Hall–Kier alpha value is -2.17. The van der Waals surface area contributed by atoms with Gasteiger partial charge in [-0.15, -0.1) is 19.6 Å². The van der Waals surface area contributed by atoms with E-state index < -0.39 is 30.1 Å². The van der Waals surface area contributed by atoms with E-state index in [1.165, 1.54) is 0 Å². The molecule has 0 saturated carbocycles. The molecule has 0 fully saturated rings. The topological polar surface area (TPSA) is 148 Å². The van der Waals surface area contributed by atoms with Crippen molar-refractivity contribution in [3.8, 4) is 0 Å². The largest absolute Gasteiger partial charge is 3.00 e. The third-order valence-electron chi connectivity index (χ3n) is 7.62. The predicted octanol–water partition coefficient (Wildman–Crippen LogP) is 6.67. The second kappa shape index (κ2) is 19.4. The van der Waals surface area contributed by atoms with Gasteiger partial charge in [-0.2, -0.15) is 0 Å². The van der Waals surface area contributed by atoms with Gasteiger partial charge in [0.2, 0.25) is 0 Å². The summed E-state index contributed by atoms with van der Waals surface area (Å²) in [7, 11) is -3.38. The van der Waals surface area contributed by atoms with Gasteiger partial charge in [0.05, 0.1) is 42.9 Å². The van der Waals surface area contributed by atoms with E-state index in [0.717, 1.165) is 21.2 Å². The minimum absolute atomic E-state index is 0. The van der Waals surface area contributed by atoms with Crippen LogP contribution in [0.4, 0.5) is 0 Å². The smallest absolute Gasteiger partial charge is 0.544 e. The van der Waals surface area contributed by atoms with Crippen LogP contribution in [0.15, 0.2) is 51.1 Å². The summed E-state index contributed by atoms with van der Waals surface area (Å²) in [6.45, 7) is 16.1. The Bertz CT molecular complexity index is 1730. The number of rotatable bonds is 15. The molecule has 0 aliphatic carbocycles. The van der Waals surface area contributed by atoms with Gasteiger partial charge in [-0.3, -0.25) is 0 Å². The summed E-state index contributed by atoms with van der Waals surface area (Å²) in [5, 5.41) is 0. The number of aryl methyl sites for hydroxylation is 9. The number of hydrogen-bond acceptors (Lipinski definition) is 7. The molecule has 0 atom stereocenters. The average molecular weight is 820 g/mol. The van der Waals surface area contributed by atoms with Crippen molar-refractivity contribution in [3.63, 3.8) is 0 Å². The van der Waals surface area contributed by atoms with Crippen LogP contribution >= 0.6 is 0 Å². The van der Waals surface area contributed by atoms with Gasteiger partial charge in [0.25, 0.3) is 0 Å². The third kappa shape index (κ3) is 14.6. The van der Waals surface area contributed by atoms with E-state index in [1.807, 2.05) is 20.8 Å². The van der Waals surface area contributed by atoms with Gasteiger partial charge in [0.1, 0.15) is 30.1 Å². The average Bonchev–Trinajstić information content (AvgIpc) is 2.89. The Balaban J connectivity index is 0.00000210. The fourth-order valence-electron chi connectivity index (χ4n) is 6.16. The van der Waals surface area contributed by atoms with Gasteiger partial charge in [-0.25, -0.2) is 25.3 Å². The van der Waals surface area contributed by atoms with Gasteiger partial charge >= 0.3 is 17.1 Å². The van der Waals surface area contributed by atoms with Crippen LogP contribution in [-0.2, 0) is 47.1 Å². The fourth-order valence-corrected chi connectivity index (χ4v) is 10.3. The molecule has 0 bridgehead atoms. The summed E-state index contributed by atoms with van der Waals surface area (Å²) in [5.74, 6) is 0. The molecule has 291 valence electrons. The summed E-state index contributed by atoms with van der Waals surface area (Å²) in [6, 6.07) is 10.8. The van der Waals surface area contributed by atoms with E-state index in [2.05, 4.69) is 42.4 Å². The van der Waals surface area contributed by atoms with Crippen molar-refractivity contribution in [2.24, 2.45) is 0 Å². The van der Waals surface area contributed by atoms with Crippen molar-refractivity contribution in [2.45, 2.75) is 77.0 Å². The van der Waals surface area contributed by atoms with E-state index in [9.17, 15) is 25.3 Å². The second-order valence-electron chi connectivity index (χ2n) is 14.7. The number of hydrogen-bond donors (Lipinski definition) is 0. The van der Waals surface area contributed by atoms with Gasteiger partial charge < -0.3 is 23.5 Å². The number of benzene rings is 3. The van der Waals surface area contributed by atoms with Crippen molar-refractivity contribution >= 4 is 30.1 Å². The summed E-state index contributed by atoms with van der Waals surface area (Å²) in [6.07, 6.45) is 0. The Kier molecular flexibility index (Phi) is 17.9. The van der Waals surface area contributed by atoms with Crippen LogP contribution in [0.5, 0.6) is 0 Å². The Morgan fingerprint density at radius 1 is 0.442 bits per heavy atom. The maximum Gasteiger partial charge on any atom is 3.00 e. The SMILES string of the molecule is C[N+](C)(C)C.Cc1cc(C)c(S(=O)(=O)[N-]CCN(CC[N-]S(=O)(=O)c2c(C)cc(C)cc2C)CC[N-]S(=O)(=O)c2c(C)cc(C)cc2C)c(C)c1.[Fe+3]. The first-order chi connectivity index (χ1) is 23.2. The van der Waals surface area contributed by atoms with Crippen LogP contribution in [0.3, 0.4) is 0 Å². The van der Waals surface area contributed by atoms with Crippen LogP contribution in [0.25, 0.3) is 14.2 Å². The number of nitrogens with zero attached hydrogens (tertiary/aromatic N) is 5. The van der Waals surface area contributed by atoms with E-state index in [4.69, 9.17) is 0 Å². The molecule has 0 amide bonds. The quantitative estimate of drug-likeness (QED) is 0.123. The first kappa shape index (κ1) is 47.8. The summed E-state index contributed by atoms with van der Waals surface area (Å²) >= 11 is 0. The molecule has 3 rings (SSSR count). The van der Waals surface area contributed by atoms with Crippen LogP contribution in [0.2, 0.25) is 0 Å². The van der Waals surface area contributed by atoms with E-state index >= 15 is 0 Å². The molecular formula is C37H57FeN5O6S3+. The van der Waals surface area contributed by atoms with Crippen LogP contribution in [-0.4, -0.2) is 102 Å². The molecular weight excluding hydrogens is 762 g/mol. The van der Waals surface area contributed by atoms with Crippen LogP contribution in [0, 0.1) is 62.3 Å². The van der Waals surface area contributed by atoms with Crippen molar-refractivity contribution < 1.29 is 46.8 Å². The fraction of sp³-hybridized carbons (Fsp3) is 0.514. The molecule has 0 aliphatic heterocycles. The van der Waals surface area contributed by atoms with E-state index in [-0.39, 0.29) is 71.0 Å². The maximum atomic E-state index is 13.2. The van der Waals surface area contributed by atoms with E-state index in [1.54, 1.807) is 82.8 Å². The number of sulfonamides is 3. The van der Waals surface area contributed by atoms with E-state index in [0.29, 0.717) is 33.4 Å². The molecule has 3 aromatic rings. The molecule has 3 aromatic carbocycles. The minimum Gasteiger partial charge on any atom is -0.544 e. The maximum absolute atomic E-state index is 13.2. The summed E-state index contributed by atoms with van der Waals surface area (Å²) in [4.78, 5) is 2.23. The molecule has 15 heteroatoms. The summed E-state index contributed by atoms with van der Waals surface area (Å²) < 4.78 is 92.1. The Morgan fingerprint density at radius 2 is 0.615 bits per heavy atom. The van der Waals surface area contributed by atoms with Crippen molar-refractivity contribution in [1.29, 1.82) is 0 Å². The standard InChI is InChI=1S/C33H45N4O6S3.C4H12N.Fe/c1-22-16-25(4)31(26(5)17-22)44(38,39)34-10-13-37(14-11-35-45(40,41)32-27(6)18-23(2)19-28(32)7)15-12-36-46(42,43)33-29(8)20-24(3)21-30(33)9;1-5(2,3)4;/h16-21H,10-15H2,1-9H3;1-4H3;/q-3;+1;+3. The first-order valence-electron chi connectivity index (χ1n) is 16.8. The molecule has 0 N–H and O–H groups in total.